The van der Waals surface area contributed by atoms with Crippen molar-refractivity contribution in [2.45, 2.75) is 6.54 Å². The normalized spacial score (nSPS) is 11.3. The molecule has 26 heavy (non-hydrogen) atoms. The van der Waals surface area contributed by atoms with Crippen molar-refractivity contribution in [1.29, 1.82) is 0 Å². The van der Waals surface area contributed by atoms with Gasteiger partial charge in [0.2, 0.25) is 10.0 Å². The van der Waals surface area contributed by atoms with Gasteiger partial charge >= 0.3 is 0 Å². The van der Waals surface area contributed by atoms with Gasteiger partial charge in [0.25, 0.3) is 5.91 Å². The first-order valence-corrected chi connectivity index (χ1v) is 10.1. The maximum atomic E-state index is 11.9. The number of hydrogen-bond donors (Lipinski definition) is 1. The predicted molar refractivity (Wildman–Crippen MR) is 99.4 cm³/mol. The van der Waals surface area contributed by atoms with Crippen molar-refractivity contribution in [2.75, 3.05) is 26.0 Å². The lowest BCUT2D eigenvalue weighted by Gasteiger charge is -2.20. The Morgan fingerprint density at radius 1 is 1.27 bits per heavy atom. The van der Waals surface area contributed by atoms with E-state index in [0.29, 0.717) is 10.8 Å². The van der Waals surface area contributed by atoms with Crippen LogP contribution in [-0.2, 0) is 21.4 Å². The van der Waals surface area contributed by atoms with Crippen LogP contribution in [0, 0.1) is 0 Å². The molecule has 0 saturated heterocycles. The number of carbonyl (C=O) groups excluding carboxylic acids is 1. The third kappa shape index (κ3) is 6.99. The molecule has 0 aliphatic heterocycles. The first-order chi connectivity index (χ1) is 12.3. The van der Waals surface area contributed by atoms with Crippen molar-refractivity contribution in [2.24, 2.45) is 0 Å². The number of rotatable bonds is 9. The molecule has 1 aromatic heterocycles. The van der Waals surface area contributed by atoms with Gasteiger partial charge in [-0.15, -0.1) is 0 Å². The van der Waals surface area contributed by atoms with Gasteiger partial charge in [0.1, 0.15) is 5.75 Å². The van der Waals surface area contributed by atoms with Crippen LogP contribution in [0.15, 0.2) is 48.8 Å². The molecule has 0 atom stereocenters. The molecule has 2 rings (SSSR count). The predicted octanol–water partition coefficient (Wildman–Crippen LogP) is 1.69. The number of aromatic nitrogens is 1. The summed E-state index contributed by atoms with van der Waals surface area (Å²) in [5.74, 6) is 0.189. The summed E-state index contributed by atoms with van der Waals surface area (Å²) >= 11 is 5.77. The van der Waals surface area contributed by atoms with E-state index in [4.69, 9.17) is 16.3 Å². The molecule has 1 N–H and O–H groups in total. The zero-order chi connectivity index (χ0) is 19.0. The van der Waals surface area contributed by atoms with Crippen LogP contribution in [0.5, 0.6) is 5.75 Å². The first-order valence-electron chi connectivity index (χ1n) is 7.83. The minimum absolute atomic E-state index is 0.153. The molecular weight excluding hydrogens is 378 g/mol. The first kappa shape index (κ1) is 20.2. The lowest BCUT2D eigenvalue weighted by molar-refractivity contribution is -0.123. The van der Waals surface area contributed by atoms with Crippen LogP contribution in [0.4, 0.5) is 0 Å². The fourth-order valence-corrected chi connectivity index (χ4v) is 3.04. The number of amides is 1. The Balaban J connectivity index is 1.79. The average molecular weight is 398 g/mol. The van der Waals surface area contributed by atoms with Crippen molar-refractivity contribution >= 4 is 27.5 Å². The zero-order valence-corrected chi connectivity index (χ0v) is 15.8. The molecule has 140 valence electrons. The fraction of sp³-hybridized carbons (Fsp3) is 0.294. The molecule has 9 heteroatoms. The standard InChI is InChI=1S/C17H20ClN3O4S/c1-26(23,24)21(12-14-3-2-8-19-11-14)10-9-20-17(22)13-25-16-6-4-15(18)5-7-16/h2-8,11H,9-10,12-13H2,1H3,(H,20,22). The van der Waals surface area contributed by atoms with E-state index in [1.54, 1.807) is 48.8 Å². The molecule has 0 fully saturated rings. The van der Waals surface area contributed by atoms with Gasteiger partial charge < -0.3 is 10.1 Å². The van der Waals surface area contributed by atoms with Gasteiger partial charge in [0, 0.05) is 37.1 Å². The highest BCUT2D eigenvalue weighted by Crippen LogP contribution is 2.15. The van der Waals surface area contributed by atoms with Crippen LogP contribution < -0.4 is 10.1 Å². The summed E-state index contributed by atoms with van der Waals surface area (Å²) in [6.45, 7) is 0.365. The van der Waals surface area contributed by atoms with E-state index >= 15 is 0 Å². The summed E-state index contributed by atoms with van der Waals surface area (Å²) in [5.41, 5.74) is 0.773. The highest BCUT2D eigenvalue weighted by atomic mass is 35.5. The highest BCUT2D eigenvalue weighted by molar-refractivity contribution is 7.88. The molecule has 0 radical (unpaired) electrons. The topological polar surface area (TPSA) is 88.6 Å². The van der Waals surface area contributed by atoms with Crippen LogP contribution in [0.3, 0.4) is 0 Å². The van der Waals surface area contributed by atoms with E-state index < -0.39 is 10.0 Å². The Bertz CT molecular complexity index is 814. The van der Waals surface area contributed by atoms with Crippen molar-refractivity contribution < 1.29 is 17.9 Å². The van der Waals surface area contributed by atoms with E-state index in [1.807, 2.05) is 0 Å². The number of halogens is 1. The lowest BCUT2D eigenvalue weighted by atomic mass is 10.3. The minimum atomic E-state index is -3.41. The van der Waals surface area contributed by atoms with Gasteiger partial charge in [-0.1, -0.05) is 17.7 Å². The number of sulfonamides is 1. The van der Waals surface area contributed by atoms with Gasteiger partial charge in [-0.3, -0.25) is 9.78 Å². The van der Waals surface area contributed by atoms with Crippen molar-refractivity contribution in [3.8, 4) is 5.75 Å². The van der Waals surface area contributed by atoms with Crippen LogP contribution in [0.1, 0.15) is 5.56 Å². The summed E-state index contributed by atoms with van der Waals surface area (Å²) < 4.78 is 30.4. The Labute approximate surface area is 158 Å². The molecule has 1 amide bonds. The number of carbonyl (C=O) groups is 1. The summed E-state index contributed by atoms with van der Waals surface area (Å²) in [7, 11) is -3.41. The van der Waals surface area contributed by atoms with Crippen LogP contribution in [0.2, 0.25) is 5.02 Å². The second kappa shape index (κ2) is 9.51. The maximum Gasteiger partial charge on any atom is 0.257 e. The van der Waals surface area contributed by atoms with E-state index in [-0.39, 0.29) is 32.1 Å². The van der Waals surface area contributed by atoms with E-state index in [2.05, 4.69) is 10.3 Å². The summed E-state index contributed by atoms with van der Waals surface area (Å²) in [6, 6.07) is 10.2. The molecule has 0 unspecified atom stereocenters. The number of benzene rings is 1. The fourth-order valence-electron chi connectivity index (χ4n) is 2.11. The monoisotopic (exact) mass is 397 g/mol. The average Bonchev–Trinajstić information content (AvgIpc) is 2.60. The summed E-state index contributed by atoms with van der Waals surface area (Å²) in [6.07, 6.45) is 4.36. The smallest absolute Gasteiger partial charge is 0.257 e. The van der Waals surface area contributed by atoms with Gasteiger partial charge in [0.15, 0.2) is 6.61 Å². The van der Waals surface area contributed by atoms with Gasteiger partial charge in [-0.25, -0.2) is 8.42 Å². The Morgan fingerprint density at radius 3 is 2.62 bits per heavy atom. The molecule has 1 aromatic carbocycles. The maximum absolute atomic E-state index is 11.9. The SMILES string of the molecule is CS(=O)(=O)N(CCNC(=O)COc1ccc(Cl)cc1)Cc1cccnc1. The minimum Gasteiger partial charge on any atom is -0.484 e. The Kier molecular flexibility index (Phi) is 7.38. The van der Waals surface area contributed by atoms with Crippen LogP contribution in [-0.4, -0.2) is 49.6 Å². The second-order valence-corrected chi connectivity index (χ2v) is 7.97. The lowest BCUT2D eigenvalue weighted by Crippen LogP contribution is -2.39. The number of nitrogens with zero attached hydrogens (tertiary/aromatic N) is 2. The highest BCUT2D eigenvalue weighted by Gasteiger charge is 2.17. The third-order valence-electron chi connectivity index (χ3n) is 3.42. The summed E-state index contributed by atoms with van der Waals surface area (Å²) in [4.78, 5) is 15.8. The second-order valence-electron chi connectivity index (χ2n) is 5.55. The zero-order valence-electron chi connectivity index (χ0n) is 14.3. The summed E-state index contributed by atoms with van der Waals surface area (Å²) in [5, 5.41) is 3.22. The molecule has 7 nitrogen and oxygen atoms in total. The molecule has 2 aromatic rings. The van der Waals surface area contributed by atoms with Crippen molar-refractivity contribution in [3.05, 3.63) is 59.4 Å². The Morgan fingerprint density at radius 2 is 2.00 bits per heavy atom. The van der Waals surface area contributed by atoms with E-state index in [0.717, 1.165) is 11.8 Å². The molecular formula is C17H20ClN3O4S. The van der Waals surface area contributed by atoms with Crippen LogP contribution in [0.25, 0.3) is 0 Å². The van der Waals surface area contributed by atoms with Crippen molar-refractivity contribution in [3.63, 3.8) is 0 Å². The molecule has 0 saturated carbocycles. The van der Waals surface area contributed by atoms with Gasteiger partial charge in [-0.2, -0.15) is 4.31 Å². The molecule has 0 aliphatic carbocycles. The molecule has 0 spiro atoms. The van der Waals surface area contributed by atoms with Gasteiger partial charge in [-0.05, 0) is 35.9 Å². The Hall–Kier alpha value is -2.16. The molecule has 0 bridgehead atoms. The number of pyridine rings is 1. The van der Waals surface area contributed by atoms with E-state index in [9.17, 15) is 13.2 Å². The quantitative estimate of drug-likeness (QED) is 0.695. The number of hydrogen-bond acceptors (Lipinski definition) is 5. The van der Waals surface area contributed by atoms with Crippen LogP contribution >= 0.6 is 11.6 Å². The number of nitrogens with one attached hydrogen (secondary N) is 1. The van der Waals surface area contributed by atoms with Gasteiger partial charge in [0.05, 0.1) is 6.26 Å². The molecule has 1 heterocycles. The van der Waals surface area contributed by atoms with Crippen molar-refractivity contribution in [1.82, 2.24) is 14.6 Å². The third-order valence-corrected chi connectivity index (χ3v) is 4.92. The van der Waals surface area contributed by atoms with E-state index in [1.165, 1.54) is 4.31 Å². The molecule has 0 aliphatic rings. The largest absolute Gasteiger partial charge is 0.484 e. The number of ether oxygens (including phenoxy) is 1.